The normalized spacial score (nSPS) is 26.2. The summed E-state index contributed by atoms with van der Waals surface area (Å²) >= 11 is 0. The second-order valence-electron chi connectivity index (χ2n) is 6.63. The Morgan fingerprint density at radius 3 is 2.96 bits per heavy atom. The fourth-order valence-electron chi connectivity index (χ4n) is 3.77. The van der Waals surface area contributed by atoms with Crippen LogP contribution in [0.4, 0.5) is 0 Å². The van der Waals surface area contributed by atoms with E-state index in [0.29, 0.717) is 24.8 Å². The van der Waals surface area contributed by atoms with Gasteiger partial charge in [0.15, 0.2) is 5.96 Å². The van der Waals surface area contributed by atoms with E-state index in [2.05, 4.69) is 33.2 Å². The molecule has 128 valence electrons. The van der Waals surface area contributed by atoms with Gasteiger partial charge in [0, 0.05) is 13.6 Å². The average Bonchev–Trinajstić information content (AvgIpc) is 3.28. The van der Waals surface area contributed by atoms with Crippen LogP contribution in [0.15, 0.2) is 29.3 Å². The molecule has 24 heavy (non-hydrogen) atoms. The van der Waals surface area contributed by atoms with E-state index in [1.165, 1.54) is 6.42 Å². The van der Waals surface area contributed by atoms with Crippen molar-refractivity contribution >= 4 is 17.0 Å². The lowest BCUT2D eigenvalue weighted by Gasteiger charge is -2.22. The Bertz CT molecular complexity index is 753. The molecule has 2 saturated heterocycles. The van der Waals surface area contributed by atoms with Crippen LogP contribution in [0.1, 0.15) is 32.0 Å². The highest BCUT2D eigenvalue weighted by Gasteiger charge is 2.41. The van der Waals surface area contributed by atoms with E-state index < -0.39 is 0 Å². The zero-order valence-corrected chi connectivity index (χ0v) is 14.3. The van der Waals surface area contributed by atoms with Crippen molar-refractivity contribution in [3.05, 3.63) is 30.1 Å². The zero-order chi connectivity index (χ0) is 16.5. The second-order valence-corrected chi connectivity index (χ2v) is 6.63. The molecule has 2 aliphatic heterocycles. The van der Waals surface area contributed by atoms with Gasteiger partial charge in [0.1, 0.15) is 12.4 Å². The maximum atomic E-state index is 5.92. The van der Waals surface area contributed by atoms with Gasteiger partial charge < -0.3 is 19.9 Å². The van der Waals surface area contributed by atoms with Crippen LogP contribution < -0.4 is 10.6 Å². The molecule has 0 spiro atoms. The van der Waals surface area contributed by atoms with Gasteiger partial charge >= 0.3 is 0 Å². The molecule has 2 aliphatic rings. The summed E-state index contributed by atoms with van der Waals surface area (Å²) in [6, 6.07) is 8.56. The van der Waals surface area contributed by atoms with Crippen molar-refractivity contribution in [1.29, 1.82) is 0 Å². The Hall–Kier alpha value is -2.08. The Kier molecular flexibility index (Phi) is 4.14. The summed E-state index contributed by atoms with van der Waals surface area (Å²) in [7, 11) is 2.05. The predicted molar refractivity (Wildman–Crippen MR) is 95.0 cm³/mol. The number of aromatic nitrogens is 2. The van der Waals surface area contributed by atoms with E-state index in [-0.39, 0.29) is 0 Å². The van der Waals surface area contributed by atoms with Crippen LogP contribution in [-0.2, 0) is 18.3 Å². The van der Waals surface area contributed by atoms with Crippen LogP contribution in [0.25, 0.3) is 11.0 Å². The summed E-state index contributed by atoms with van der Waals surface area (Å²) in [5, 5.41) is 6.89. The summed E-state index contributed by atoms with van der Waals surface area (Å²) in [4.78, 5) is 9.43. The number of aliphatic imine (C=N–C) groups is 1. The minimum absolute atomic E-state index is 0.342. The van der Waals surface area contributed by atoms with Gasteiger partial charge in [-0.3, -0.25) is 0 Å². The summed E-state index contributed by atoms with van der Waals surface area (Å²) in [6.07, 6.45) is 4.23. The largest absolute Gasteiger partial charge is 0.373 e. The van der Waals surface area contributed by atoms with Crippen molar-refractivity contribution in [1.82, 2.24) is 20.2 Å². The van der Waals surface area contributed by atoms with E-state index >= 15 is 0 Å². The molecular weight excluding hydrogens is 302 g/mol. The molecule has 2 bridgehead atoms. The first kappa shape index (κ1) is 15.4. The van der Waals surface area contributed by atoms with Gasteiger partial charge in [0.05, 0.1) is 29.3 Å². The Morgan fingerprint density at radius 1 is 1.38 bits per heavy atom. The lowest BCUT2D eigenvalue weighted by atomic mass is 9.96. The molecule has 4 rings (SSSR count). The molecule has 2 N–H and O–H groups in total. The summed E-state index contributed by atoms with van der Waals surface area (Å²) in [5.74, 6) is 1.82. The van der Waals surface area contributed by atoms with Crippen molar-refractivity contribution in [2.24, 2.45) is 12.0 Å². The highest BCUT2D eigenvalue weighted by atomic mass is 16.5. The third-order valence-electron chi connectivity index (χ3n) is 5.03. The van der Waals surface area contributed by atoms with Crippen molar-refractivity contribution < 1.29 is 4.74 Å². The van der Waals surface area contributed by atoms with Crippen LogP contribution in [0.3, 0.4) is 0 Å². The Morgan fingerprint density at radius 2 is 2.25 bits per heavy atom. The lowest BCUT2D eigenvalue weighted by Crippen LogP contribution is -2.47. The van der Waals surface area contributed by atoms with E-state index in [0.717, 1.165) is 42.2 Å². The molecular formula is C18H25N5O. The highest BCUT2D eigenvalue weighted by Crippen LogP contribution is 2.34. The van der Waals surface area contributed by atoms with Crippen LogP contribution in [0.2, 0.25) is 0 Å². The van der Waals surface area contributed by atoms with Gasteiger partial charge in [-0.05, 0) is 38.3 Å². The number of para-hydroxylation sites is 2. The van der Waals surface area contributed by atoms with E-state index in [1.807, 2.05) is 25.2 Å². The van der Waals surface area contributed by atoms with Gasteiger partial charge in [-0.15, -0.1) is 0 Å². The lowest BCUT2D eigenvalue weighted by molar-refractivity contribution is 0.0992. The zero-order valence-electron chi connectivity index (χ0n) is 14.3. The van der Waals surface area contributed by atoms with E-state index in [9.17, 15) is 0 Å². The Balaban J connectivity index is 1.49. The summed E-state index contributed by atoms with van der Waals surface area (Å²) in [6.45, 7) is 3.49. The molecule has 6 nitrogen and oxygen atoms in total. The number of hydrogen-bond donors (Lipinski definition) is 2. The summed E-state index contributed by atoms with van der Waals surface area (Å²) < 4.78 is 8.04. The predicted octanol–water partition coefficient (Wildman–Crippen LogP) is 1.95. The number of benzene rings is 1. The standard InChI is InChI=1S/C18H25N5O/c1-3-19-18(22-14-10-12-8-9-16(14)24-12)20-11-17-21-13-6-4-5-7-15(13)23(17)2/h4-7,12,14,16H,3,8-11H2,1-2H3,(H2,19,20,22). The molecule has 0 aliphatic carbocycles. The molecule has 0 saturated carbocycles. The maximum Gasteiger partial charge on any atom is 0.192 e. The van der Waals surface area contributed by atoms with E-state index in [4.69, 9.17) is 9.73 Å². The first-order valence-electron chi connectivity index (χ1n) is 8.85. The number of aryl methyl sites for hydroxylation is 1. The molecule has 2 fully saturated rings. The third-order valence-corrected chi connectivity index (χ3v) is 5.03. The molecule has 3 atom stereocenters. The molecule has 0 amide bonds. The monoisotopic (exact) mass is 327 g/mol. The van der Waals surface area contributed by atoms with Crippen molar-refractivity contribution in [3.63, 3.8) is 0 Å². The average molecular weight is 327 g/mol. The first-order chi connectivity index (χ1) is 11.7. The Labute approximate surface area is 142 Å². The van der Waals surface area contributed by atoms with Crippen LogP contribution >= 0.6 is 0 Å². The quantitative estimate of drug-likeness (QED) is 0.665. The number of guanidine groups is 1. The number of ether oxygens (including phenoxy) is 1. The molecule has 0 radical (unpaired) electrons. The van der Waals surface area contributed by atoms with Gasteiger partial charge in [0.2, 0.25) is 0 Å². The van der Waals surface area contributed by atoms with Gasteiger partial charge in [-0.2, -0.15) is 0 Å². The number of imidazole rings is 1. The molecule has 2 aromatic rings. The van der Waals surface area contributed by atoms with Crippen molar-refractivity contribution in [2.75, 3.05) is 6.54 Å². The number of nitrogens with one attached hydrogen (secondary N) is 2. The van der Waals surface area contributed by atoms with Gasteiger partial charge in [-0.25, -0.2) is 9.98 Å². The third kappa shape index (κ3) is 2.86. The van der Waals surface area contributed by atoms with E-state index in [1.54, 1.807) is 0 Å². The number of fused-ring (bicyclic) bond motifs is 3. The van der Waals surface area contributed by atoms with Crippen LogP contribution in [0, 0.1) is 0 Å². The minimum atomic E-state index is 0.342. The fourth-order valence-corrected chi connectivity index (χ4v) is 3.77. The number of rotatable bonds is 4. The minimum Gasteiger partial charge on any atom is -0.373 e. The second kappa shape index (κ2) is 6.43. The van der Waals surface area contributed by atoms with Gasteiger partial charge in [0.25, 0.3) is 0 Å². The molecule has 1 aromatic carbocycles. The fraction of sp³-hybridized carbons (Fsp3) is 0.556. The van der Waals surface area contributed by atoms with Crippen LogP contribution in [-0.4, -0.2) is 40.3 Å². The van der Waals surface area contributed by atoms with Crippen LogP contribution in [0.5, 0.6) is 0 Å². The molecule has 6 heteroatoms. The molecule has 3 unspecified atom stereocenters. The first-order valence-corrected chi connectivity index (χ1v) is 8.85. The molecule has 1 aromatic heterocycles. The number of nitrogens with zero attached hydrogens (tertiary/aromatic N) is 3. The number of hydrogen-bond acceptors (Lipinski definition) is 3. The molecule has 3 heterocycles. The SMILES string of the molecule is CCNC(=NCc1nc2ccccc2n1C)NC1CC2CCC1O2. The summed E-state index contributed by atoms with van der Waals surface area (Å²) in [5.41, 5.74) is 2.16. The van der Waals surface area contributed by atoms with Crippen molar-refractivity contribution in [3.8, 4) is 0 Å². The maximum absolute atomic E-state index is 5.92. The van der Waals surface area contributed by atoms with Gasteiger partial charge in [-0.1, -0.05) is 12.1 Å². The van der Waals surface area contributed by atoms with Crippen molar-refractivity contribution in [2.45, 2.75) is 51.0 Å². The smallest absolute Gasteiger partial charge is 0.192 e. The highest BCUT2D eigenvalue weighted by molar-refractivity contribution is 5.80. The topological polar surface area (TPSA) is 63.5 Å².